The fourth-order valence-corrected chi connectivity index (χ4v) is 5.16. The van der Waals surface area contributed by atoms with Crippen molar-refractivity contribution in [3.8, 4) is 0 Å². The van der Waals surface area contributed by atoms with Gasteiger partial charge in [0.1, 0.15) is 0 Å². The molecule has 0 aliphatic rings. The summed E-state index contributed by atoms with van der Waals surface area (Å²) in [6, 6.07) is 40.2. The predicted octanol–water partition coefficient (Wildman–Crippen LogP) is 8.61. The van der Waals surface area contributed by atoms with Gasteiger partial charge in [0, 0.05) is 0 Å². The fraction of sp³-hybridized carbons (Fsp3) is 0. The molecule has 0 fully saturated rings. The van der Waals surface area contributed by atoms with Crippen LogP contribution >= 0.6 is 0 Å². The molecule has 0 saturated carbocycles. The molecule has 0 spiro atoms. The molecule has 0 amide bonds. The molecule has 0 saturated heterocycles. The van der Waals surface area contributed by atoms with Gasteiger partial charge in [0.05, 0.1) is 0 Å². The third-order valence-electron chi connectivity index (χ3n) is 6.56. The minimum absolute atomic E-state index is 1.29. The van der Waals surface area contributed by atoms with Crippen LogP contribution in [0.3, 0.4) is 0 Å². The summed E-state index contributed by atoms with van der Waals surface area (Å²) in [4.78, 5) is 0. The molecule has 0 aliphatic carbocycles. The minimum atomic E-state index is 1.29. The summed E-state index contributed by atoms with van der Waals surface area (Å²) in [5, 5.41) is 15.8. The van der Waals surface area contributed by atoms with Gasteiger partial charge in [-0.3, -0.25) is 0 Å². The summed E-state index contributed by atoms with van der Waals surface area (Å²) in [7, 11) is 0. The first-order valence-electron chi connectivity index (χ1n) is 10.5. The van der Waals surface area contributed by atoms with E-state index in [-0.39, 0.29) is 0 Å². The largest absolute Gasteiger partial charge is 0.0616 e. The smallest absolute Gasteiger partial charge is 0.00926 e. The lowest BCUT2D eigenvalue weighted by Gasteiger charge is -2.13. The summed E-state index contributed by atoms with van der Waals surface area (Å²) in [5.41, 5.74) is 0. The monoisotopic (exact) mass is 378 g/mol. The van der Waals surface area contributed by atoms with Crippen molar-refractivity contribution < 1.29 is 0 Å². The molecule has 0 unspecified atom stereocenters. The van der Waals surface area contributed by atoms with Gasteiger partial charge in [-0.25, -0.2) is 0 Å². The first-order valence-corrected chi connectivity index (χ1v) is 10.5. The fourth-order valence-electron chi connectivity index (χ4n) is 5.16. The average Bonchev–Trinajstić information content (AvgIpc) is 2.82. The number of fused-ring (bicyclic) bond motifs is 10. The molecule has 7 aromatic rings. The molecule has 0 N–H and O–H groups in total. The molecule has 7 rings (SSSR count). The summed E-state index contributed by atoms with van der Waals surface area (Å²) in [5.74, 6) is 0. The van der Waals surface area contributed by atoms with Crippen LogP contribution in [-0.2, 0) is 0 Å². The van der Waals surface area contributed by atoms with E-state index in [2.05, 4.69) is 109 Å². The van der Waals surface area contributed by atoms with E-state index in [1.54, 1.807) is 0 Å². The third-order valence-corrected chi connectivity index (χ3v) is 6.56. The van der Waals surface area contributed by atoms with Gasteiger partial charge >= 0.3 is 0 Å². The molecule has 0 radical (unpaired) electrons. The van der Waals surface area contributed by atoms with Crippen molar-refractivity contribution in [3.05, 3.63) is 109 Å². The highest BCUT2D eigenvalue weighted by molar-refractivity contribution is 6.27. The van der Waals surface area contributed by atoms with Gasteiger partial charge in [-0.2, -0.15) is 0 Å². The van der Waals surface area contributed by atoms with E-state index in [9.17, 15) is 0 Å². The quantitative estimate of drug-likeness (QED) is 0.183. The number of hydrogen-bond donors (Lipinski definition) is 0. The Balaban J connectivity index is 1.72. The Morgan fingerprint density at radius 1 is 0.233 bits per heavy atom. The van der Waals surface area contributed by atoms with Gasteiger partial charge in [0.2, 0.25) is 0 Å². The molecule has 138 valence electrons. The van der Waals surface area contributed by atoms with Crippen LogP contribution in [0.5, 0.6) is 0 Å². The van der Waals surface area contributed by atoms with Crippen molar-refractivity contribution in [3.63, 3.8) is 0 Å². The second kappa shape index (κ2) is 5.81. The SMILES string of the molecule is c1ccc2c(c1)ccc1cc3cc4c5ccccc5c5ccccc5c4cc3cc12. The van der Waals surface area contributed by atoms with Crippen LogP contribution in [0.2, 0.25) is 0 Å². The molecule has 30 heavy (non-hydrogen) atoms. The van der Waals surface area contributed by atoms with Crippen LogP contribution in [0, 0.1) is 0 Å². The van der Waals surface area contributed by atoms with Crippen LogP contribution in [0.15, 0.2) is 109 Å². The number of rotatable bonds is 0. The van der Waals surface area contributed by atoms with E-state index in [0.717, 1.165) is 0 Å². The maximum atomic E-state index is 2.39. The lowest BCUT2D eigenvalue weighted by Crippen LogP contribution is -1.85. The van der Waals surface area contributed by atoms with Crippen LogP contribution in [0.1, 0.15) is 0 Å². The summed E-state index contributed by atoms with van der Waals surface area (Å²) < 4.78 is 0. The van der Waals surface area contributed by atoms with Gasteiger partial charge < -0.3 is 0 Å². The van der Waals surface area contributed by atoms with Gasteiger partial charge in [0.15, 0.2) is 0 Å². The first-order chi connectivity index (χ1) is 14.9. The summed E-state index contributed by atoms with van der Waals surface area (Å²) in [6.07, 6.45) is 0. The number of benzene rings is 7. The highest BCUT2D eigenvalue weighted by Gasteiger charge is 2.10. The maximum Gasteiger partial charge on any atom is -0.00926 e. The molecule has 0 bridgehead atoms. The van der Waals surface area contributed by atoms with E-state index in [1.165, 1.54) is 64.6 Å². The van der Waals surface area contributed by atoms with Crippen molar-refractivity contribution >= 4 is 64.6 Å². The third kappa shape index (κ3) is 2.11. The molecule has 7 aromatic carbocycles. The summed E-state index contributed by atoms with van der Waals surface area (Å²) in [6.45, 7) is 0. The molecule has 0 aliphatic heterocycles. The first kappa shape index (κ1) is 16.0. The van der Waals surface area contributed by atoms with Crippen molar-refractivity contribution in [1.82, 2.24) is 0 Å². The maximum absolute atomic E-state index is 2.39. The second-order valence-electron chi connectivity index (χ2n) is 8.20. The van der Waals surface area contributed by atoms with Crippen molar-refractivity contribution in [2.45, 2.75) is 0 Å². The Morgan fingerprint density at radius 3 is 1.30 bits per heavy atom. The topological polar surface area (TPSA) is 0 Å². The van der Waals surface area contributed by atoms with Gasteiger partial charge in [0.25, 0.3) is 0 Å². The Bertz CT molecular complexity index is 1790. The van der Waals surface area contributed by atoms with E-state index in [1.807, 2.05) is 0 Å². The zero-order valence-corrected chi connectivity index (χ0v) is 16.4. The van der Waals surface area contributed by atoms with E-state index in [0.29, 0.717) is 0 Å². The minimum Gasteiger partial charge on any atom is -0.0616 e. The zero-order valence-electron chi connectivity index (χ0n) is 16.4. The highest BCUT2D eigenvalue weighted by atomic mass is 14.1. The number of hydrogen-bond acceptors (Lipinski definition) is 0. The highest BCUT2D eigenvalue weighted by Crippen LogP contribution is 2.38. The van der Waals surface area contributed by atoms with Gasteiger partial charge in [-0.05, 0) is 88.9 Å². The molecule has 0 nitrogen and oxygen atoms in total. The Labute approximate surface area is 174 Å². The standard InChI is InChI=1S/C30H18/c1-2-8-23-19(7-1)13-14-20-15-21-17-29-26-11-5-3-9-24(26)25-10-4-6-12-27(25)30(29)18-22(21)16-28(20)23/h1-18H. The zero-order chi connectivity index (χ0) is 19.7. The molecule has 0 atom stereocenters. The van der Waals surface area contributed by atoms with Crippen molar-refractivity contribution in [2.24, 2.45) is 0 Å². The molecule has 0 heteroatoms. The second-order valence-corrected chi connectivity index (χ2v) is 8.20. The lowest BCUT2D eigenvalue weighted by atomic mass is 9.91. The van der Waals surface area contributed by atoms with Gasteiger partial charge in [-0.1, -0.05) is 84.9 Å². The normalized spacial score (nSPS) is 12.0. The molecular weight excluding hydrogens is 360 g/mol. The van der Waals surface area contributed by atoms with E-state index >= 15 is 0 Å². The van der Waals surface area contributed by atoms with E-state index < -0.39 is 0 Å². The molecule has 0 heterocycles. The lowest BCUT2D eigenvalue weighted by molar-refractivity contribution is 1.78. The molecular formula is C30H18. The van der Waals surface area contributed by atoms with Crippen LogP contribution in [-0.4, -0.2) is 0 Å². The van der Waals surface area contributed by atoms with Crippen LogP contribution < -0.4 is 0 Å². The van der Waals surface area contributed by atoms with Crippen LogP contribution in [0.25, 0.3) is 64.6 Å². The van der Waals surface area contributed by atoms with Crippen molar-refractivity contribution in [1.29, 1.82) is 0 Å². The van der Waals surface area contributed by atoms with E-state index in [4.69, 9.17) is 0 Å². The van der Waals surface area contributed by atoms with Crippen LogP contribution in [0.4, 0.5) is 0 Å². The Morgan fingerprint density at radius 2 is 0.667 bits per heavy atom. The summed E-state index contributed by atoms with van der Waals surface area (Å²) >= 11 is 0. The average molecular weight is 378 g/mol. The Kier molecular flexibility index (Phi) is 3.09. The Hall–Kier alpha value is -3.90. The molecule has 0 aromatic heterocycles. The van der Waals surface area contributed by atoms with Gasteiger partial charge in [-0.15, -0.1) is 0 Å². The predicted molar refractivity (Wildman–Crippen MR) is 131 cm³/mol. The van der Waals surface area contributed by atoms with Crippen molar-refractivity contribution in [2.75, 3.05) is 0 Å².